The summed E-state index contributed by atoms with van der Waals surface area (Å²) in [7, 11) is 0. The van der Waals surface area contributed by atoms with Crippen LogP contribution in [0.3, 0.4) is 0 Å². The van der Waals surface area contributed by atoms with E-state index in [1.165, 1.54) is 0 Å². The highest BCUT2D eigenvalue weighted by Crippen LogP contribution is 2.22. The summed E-state index contributed by atoms with van der Waals surface area (Å²) in [4.78, 5) is 26.4. The summed E-state index contributed by atoms with van der Waals surface area (Å²) in [5, 5.41) is 3.22. The maximum Gasteiger partial charge on any atom is 0.249 e. The number of amides is 2. The van der Waals surface area contributed by atoms with Crippen molar-refractivity contribution < 1.29 is 14.3 Å². The minimum Gasteiger partial charge on any atom is -0.369 e. The van der Waals surface area contributed by atoms with Crippen LogP contribution < -0.4 is 5.32 Å². The molecule has 3 rings (SSSR count). The predicted molar refractivity (Wildman–Crippen MR) is 91.7 cm³/mol. The van der Waals surface area contributed by atoms with E-state index in [9.17, 15) is 9.59 Å². The highest BCUT2D eigenvalue weighted by atomic mass is 35.5. The molecule has 6 heteroatoms. The summed E-state index contributed by atoms with van der Waals surface area (Å²) < 4.78 is 5.27. The van der Waals surface area contributed by atoms with Crippen LogP contribution in [-0.4, -0.2) is 36.0 Å². The maximum atomic E-state index is 12.6. The SMILES string of the molecule is O=C(Nc1ccccc1Cl)[C@@H]1COCC(=O)N1Cc1ccccc1. The number of benzene rings is 2. The number of carbonyl (C=O) groups is 2. The Morgan fingerprint density at radius 1 is 1.17 bits per heavy atom. The largest absolute Gasteiger partial charge is 0.369 e. The molecule has 2 aromatic rings. The Morgan fingerprint density at radius 3 is 2.62 bits per heavy atom. The summed E-state index contributed by atoms with van der Waals surface area (Å²) in [6.07, 6.45) is 0. The lowest BCUT2D eigenvalue weighted by molar-refractivity contribution is -0.154. The van der Waals surface area contributed by atoms with Crippen LogP contribution in [0.25, 0.3) is 0 Å². The molecule has 1 atom stereocenters. The van der Waals surface area contributed by atoms with Crippen molar-refractivity contribution in [1.29, 1.82) is 0 Å². The number of ether oxygens (including phenoxy) is 1. The Kier molecular flexibility index (Phi) is 5.13. The van der Waals surface area contributed by atoms with Gasteiger partial charge in [-0.2, -0.15) is 0 Å². The summed E-state index contributed by atoms with van der Waals surface area (Å²) in [6, 6.07) is 15.8. The van der Waals surface area contributed by atoms with Gasteiger partial charge in [-0.15, -0.1) is 0 Å². The molecule has 0 bridgehead atoms. The number of anilines is 1. The number of hydrogen-bond donors (Lipinski definition) is 1. The molecule has 0 saturated carbocycles. The zero-order valence-electron chi connectivity index (χ0n) is 12.9. The second kappa shape index (κ2) is 7.47. The molecule has 1 saturated heterocycles. The molecule has 0 aliphatic carbocycles. The molecule has 1 aliphatic heterocycles. The first-order valence-corrected chi connectivity index (χ1v) is 7.99. The van der Waals surface area contributed by atoms with Crippen molar-refractivity contribution in [3.8, 4) is 0 Å². The summed E-state index contributed by atoms with van der Waals surface area (Å²) in [6.45, 7) is 0.515. The van der Waals surface area contributed by atoms with E-state index >= 15 is 0 Å². The molecule has 0 aromatic heterocycles. The third-order valence-electron chi connectivity index (χ3n) is 3.83. The zero-order chi connectivity index (χ0) is 16.9. The fraction of sp³-hybridized carbons (Fsp3) is 0.222. The van der Waals surface area contributed by atoms with Gasteiger partial charge in [-0.25, -0.2) is 0 Å². The Morgan fingerprint density at radius 2 is 1.88 bits per heavy atom. The van der Waals surface area contributed by atoms with E-state index in [4.69, 9.17) is 16.3 Å². The van der Waals surface area contributed by atoms with Crippen LogP contribution in [-0.2, 0) is 20.9 Å². The van der Waals surface area contributed by atoms with Gasteiger partial charge in [0, 0.05) is 6.54 Å². The number of morpholine rings is 1. The molecule has 1 heterocycles. The van der Waals surface area contributed by atoms with E-state index in [1.807, 2.05) is 30.3 Å². The second-order valence-electron chi connectivity index (χ2n) is 5.51. The van der Waals surface area contributed by atoms with Crippen molar-refractivity contribution in [2.45, 2.75) is 12.6 Å². The highest BCUT2D eigenvalue weighted by Gasteiger charge is 2.34. The minimum absolute atomic E-state index is 0.0112. The molecule has 24 heavy (non-hydrogen) atoms. The molecule has 1 fully saturated rings. The fourth-order valence-corrected chi connectivity index (χ4v) is 2.76. The standard InChI is InChI=1S/C18H17ClN2O3/c19-14-8-4-5-9-15(14)20-18(23)16-11-24-12-17(22)21(16)10-13-6-2-1-3-7-13/h1-9,16H,10-12H2,(H,20,23)/t16-/m0/s1. The minimum atomic E-state index is -0.692. The Labute approximate surface area is 145 Å². The van der Waals surface area contributed by atoms with E-state index in [0.29, 0.717) is 17.3 Å². The average Bonchev–Trinajstić information content (AvgIpc) is 2.59. The number of carbonyl (C=O) groups excluding carboxylic acids is 2. The third kappa shape index (κ3) is 3.75. The molecule has 0 unspecified atom stereocenters. The summed E-state index contributed by atoms with van der Waals surface area (Å²) in [5.41, 5.74) is 1.48. The Bertz CT molecular complexity index is 736. The Hall–Kier alpha value is -2.37. The number of halogens is 1. The lowest BCUT2D eigenvalue weighted by Crippen LogP contribution is -2.54. The number of hydrogen-bond acceptors (Lipinski definition) is 3. The lowest BCUT2D eigenvalue weighted by Gasteiger charge is -2.34. The third-order valence-corrected chi connectivity index (χ3v) is 4.16. The number of nitrogens with zero attached hydrogens (tertiary/aromatic N) is 1. The van der Waals surface area contributed by atoms with Crippen molar-refractivity contribution in [3.05, 3.63) is 65.2 Å². The van der Waals surface area contributed by atoms with Gasteiger partial charge in [-0.1, -0.05) is 54.1 Å². The molecule has 0 spiro atoms. The quantitative estimate of drug-likeness (QED) is 0.927. The smallest absolute Gasteiger partial charge is 0.249 e. The van der Waals surface area contributed by atoms with Gasteiger partial charge in [0.1, 0.15) is 12.6 Å². The van der Waals surface area contributed by atoms with Crippen molar-refractivity contribution in [3.63, 3.8) is 0 Å². The van der Waals surface area contributed by atoms with Gasteiger partial charge in [0.05, 0.1) is 17.3 Å². The molecular formula is C18H17ClN2O3. The monoisotopic (exact) mass is 344 g/mol. The van der Waals surface area contributed by atoms with E-state index < -0.39 is 6.04 Å². The van der Waals surface area contributed by atoms with Crippen molar-refractivity contribution in [1.82, 2.24) is 4.90 Å². The highest BCUT2D eigenvalue weighted by molar-refractivity contribution is 6.33. The van der Waals surface area contributed by atoms with Crippen molar-refractivity contribution in [2.24, 2.45) is 0 Å². The second-order valence-corrected chi connectivity index (χ2v) is 5.91. The maximum absolute atomic E-state index is 12.6. The molecule has 124 valence electrons. The van der Waals surface area contributed by atoms with E-state index in [1.54, 1.807) is 29.2 Å². The van der Waals surface area contributed by atoms with Crippen LogP contribution in [0, 0.1) is 0 Å². The first-order chi connectivity index (χ1) is 11.6. The van der Waals surface area contributed by atoms with E-state index in [-0.39, 0.29) is 25.0 Å². The van der Waals surface area contributed by atoms with Crippen LogP contribution in [0.1, 0.15) is 5.56 Å². The molecule has 5 nitrogen and oxygen atoms in total. The van der Waals surface area contributed by atoms with Gasteiger partial charge in [-0.05, 0) is 17.7 Å². The normalized spacial score (nSPS) is 17.6. The first kappa shape index (κ1) is 16.5. The average molecular weight is 345 g/mol. The van der Waals surface area contributed by atoms with Crippen LogP contribution >= 0.6 is 11.6 Å². The number of para-hydroxylation sites is 1. The molecule has 2 aromatic carbocycles. The van der Waals surface area contributed by atoms with Gasteiger partial charge in [-0.3, -0.25) is 9.59 Å². The van der Waals surface area contributed by atoms with Crippen LogP contribution in [0.2, 0.25) is 5.02 Å². The first-order valence-electron chi connectivity index (χ1n) is 7.61. The molecule has 1 N–H and O–H groups in total. The van der Waals surface area contributed by atoms with Gasteiger partial charge in [0.15, 0.2) is 0 Å². The van der Waals surface area contributed by atoms with E-state index in [0.717, 1.165) is 5.56 Å². The Balaban J connectivity index is 1.77. The lowest BCUT2D eigenvalue weighted by atomic mass is 10.1. The van der Waals surface area contributed by atoms with Crippen LogP contribution in [0.4, 0.5) is 5.69 Å². The van der Waals surface area contributed by atoms with Crippen molar-refractivity contribution >= 4 is 29.1 Å². The van der Waals surface area contributed by atoms with Gasteiger partial charge < -0.3 is 15.0 Å². The van der Waals surface area contributed by atoms with Gasteiger partial charge >= 0.3 is 0 Å². The number of rotatable bonds is 4. The predicted octanol–water partition coefficient (Wildman–Crippen LogP) is 2.71. The van der Waals surface area contributed by atoms with E-state index in [2.05, 4.69) is 5.32 Å². The zero-order valence-corrected chi connectivity index (χ0v) is 13.7. The molecule has 0 radical (unpaired) electrons. The van der Waals surface area contributed by atoms with Crippen LogP contribution in [0.15, 0.2) is 54.6 Å². The van der Waals surface area contributed by atoms with Crippen LogP contribution in [0.5, 0.6) is 0 Å². The summed E-state index contributed by atoms with van der Waals surface area (Å²) >= 11 is 6.08. The summed E-state index contributed by atoms with van der Waals surface area (Å²) in [5.74, 6) is -0.517. The number of nitrogens with one attached hydrogen (secondary N) is 1. The van der Waals surface area contributed by atoms with Gasteiger partial charge in [0.2, 0.25) is 11.8 Å². The van der Waals surface area contributed by atoms with Crippen molar-refractivity contribution in [2.75, 3.05) is 18.5 Å². The topological polar surface area (TPSA) is 58.6 Å². The fourth-order valence-electron chi connectivity index (χ4n) is 2.58. The van der Waals surface area contributed by atoms with Gasteiger partial charge in [0.25, 0.3) is 0 Å². The molecular weight excluding hydrogens is 328 g/mol. The molecule has 1 aliphatic rings. The molecule has 2 amide bonds.